The minimum absolute atomic E-state index is 0.0554. The van der Waals surface area contributed by atoms with E-state index in [4.69, 9.17) is 16.3 Å². The molecule has 0 saturated carbocycles. The number of anilines is 1. The molecule has 1 fully saturated rings. The summed E-state index contributed by atoms with van der Waals surface area (Å²) in [5.41, 5.74) is 1.86. The van der Waals surface area contributed by atoms with Gasteiger partial charge < -0.3 is 14.5 Å². The molecule has 1 aliphatic rings. The molecule has 1 amide bonds. The minimum Gasteiger partial charge on any atom is -0.439 e. The highest BCUT2D eigenvalue weighted by Crippen LogP contribution is 2.26. The molecular formula is C23H23ClN4O2. The van der Waals surface area contributed by atoms with Crippen LogP contribution in [0.15, 0.2) is 60.9 Å². The first kappa shape index (κ1) is 20.2. The van der Waals surface area contributed by atoms with Crippen molar-refractivity contribution in [3.63, 3.8) is 0 Å². The summed E-state index contributed by atoms with van der Waals surface area (Å²) in [6.07, 6.45) is 1.49. The summed E-state index contributed by atoms with van der Waals surface area (Å²) in [6.45, 7) is 6.08. The molecule has 0 spiro atoms. The second-order valence-corrected chi connectivity index (χ2v) is 7.87. The van der Waals surface area contributed by atoms with Gasteiger partial charge in [-0.15, -0.1) is 0 Å². The van der Waals surface area contributed by atoms with Crippen LogP contribution in [0.25, 0.3) is 0 Å². The topological polar surface area (TPSA) is 58.6 Å². The molecule has 1 unspecified atom stereocenters. The fourth-order valence-electron chi connectivity index (χ4n) is 3.54. The van der Waals surface area contributed by atoms with E-state index in [0.29, 0.717) is 36.3 Å². The third-order valence-electron chi connectivity index (χ3n) is 5.16. The Morgan fingerprint density at radius 2 is 1.90 bits per heavy atom. The molecule has 1 atom stereocenters. The molecule has 0 bridgehead atoms. The molecule has 2 aromatic carbocycles. The molecule has 3 aromatic rings. The van der Waals surface area contributed by atoms with Crippen LogP contribution in [0, 0.1) is 6.92 Å². The average molecular weight is 423 g/mol. The summed E-state index contributed by atoms with van der Waals surface area (Å²) in [5, 5.41) is 0.602. The Kier molecular flexibility index (Phi) is 5.86. The lowest BCUT2D eigenvalue weighted by Crippen LogP contribution is -2.54. The SMILES string of the molecule is Cc1ccc(C(=O)N2CCN(c3cc(Oc4cccc(Cl)c4)ncn3)CC2C)cc1. The largest absolute Gasteiger partial charge is 0.439 e. The van der Waals surface area contributed by atoms with Gasteiger partial charge in [-0.3, -0.25) is 4.79 Å². The summed E-state index contributed by atoms with van der Waals surface area (Å²) < 4.78 is 5.82. The number of hydrogen-bond donors (Lipinski definition) is 0. The van der Waals surface area contributed by atoms with Gasteiger partial charge >= 0.3 is 0 Å². The van der Waals surface area contributed by atoms with Gasteiger partial charge in [0.15, 0.2) is 0 Å². The van der Waals surface area contributed by atoms with E-state index in [1.54, 1.807) is 12.1 Å². The van der Waals surface area contributed by atoms with E-state index < -0.39 is 0 Å². The second kappa shape index (κ2) is 8.71. The van der Waals surface area contributed by atoms with E-state index in [-0.39, 0.29) is 11.9 Å². The molecule has 0 aliphatic carbocycles. The van der Waals surface area contributed by atoms with Crippen molar-refractivity contribution in [2.24, 2.45) is 0 Å². The third kappa shape index (κ3) is 4.54. The zero-order chi connectivity index (χ0) is 21.1. The molecule has 2 heterocycles. The Labute approximate surface area is 181 Å². The van der Waals surface area contributed by atoms with Crippen molar-refractivity contribution in [3.05, 3.63) is 77.1 Å². The highest BCUT2D eigenvalue weighted by atomic mass is 35.5. The lowest BCUT2D eigenvalue weighted by molar-refractivity contribution is 0.0673. The number of halogens is 1. The van der Waals surface area contributed by atoms with Crippen molar-refractivity contribution in [1.29, 1.82) is 0 Å². The van der Waals surface area contributed by atoms with Gasteiger partial charge in [-0.05, 0) is 44.2 Å². The Bertz CT molecular complexity index is 1040. The van der Waals surface area contributed by atoms with Crippen LogP contribution in [-0.2, 0) is 0 Å². The summed E-state index contributed by atoms with van der Waals surface area (Å²) in [5.74, 6) is 1.91. The van der Waals surface area contributed by atoms with Crippen molar-refractivity contribution in [2.75, 3.05) is 24.5 Å². The summed E-state index contributed by atoms with van der Waals surface area (Å²) in [7, 11) is 0. The van der Waals surface area contributed by atoms with Crippen LogP contribution in [0.3, 0.4) is 0 Å². The zero-order valence-electron chi connectivity index (χ0n) is 17.0. The smallest absolute Gasteiger partial charge is 0.254 e. The van der Waals surface area contributed by atoms with Gasteiger partial charge in [0.25, 0.3) is 5.91 Å². The summed E-state index contributed by atoms with van der Waals surface area (Å²) in [4.78, 5) is 25.6. The van der Waals surface area contributed by atoms with Gasteiger partial charge in [-0.1, -0.05) is 35.4 Å². The zero-order valence-corrected chi connectivity index (χ0v) is 17.7. The molecule has 7 heteroatoms. The predicted molar refractivity (Wildman–Crippen MR) is 117 cm³/mol. The maximum absolute atomic E-state index is 12.9. The van der Waals surface area contributed by atoms with E-state index >= 15 is 0 Å². The number of ether oxygens (including phenoxy) is 1. The van der Waals surface area contributed by atoms with Crippen LogP contribution < -0.4 is 9.64 Å². The monoisotopic (exact) mass is 422 g/mol. The van der Waals surface area contributed by atoms with Crippen molar-refractivity contribution >= 4 is 23.3 Å². The summed E-state index contributed by atoms with van der Waals surface area (Å²) >= 11 is 6.02. The van der Waals surface area contributed by atoms with Gasteiger partial charge in [0, 0.05) is 42.3 Å². The lowest BCUT2D eigenvalue weighted by atomic mass is 10.1. The molecule has 30 heavy (non-hydrogen) atoms. The second-order valence-electron chi connectivity index (χ2n) is 7.43. The van der Waals surface area contributed by atoms with Crippen LogP contribution in [-0.4, -0.2) is 46.5 Å². The molecule has 6 nitrogen and oxygen atoms in total. The number of rotatable bonds is 4. The number of carbonyl (C=O) groups is 1. The molecule has 1 aromatic heterocycles. The quantitative estimate of drug-likeness (QED) is 0.615. The normalized spacial score (nSPS) is 16.4. The first-order valence-corrected chi connectivity index (χ1v) is 10.3. The van der Waals surface area contributed by atoms with Crippen LogP contribution in [0.5, 0.6) is 11.6 Å². The van der Waals surface area contributed by atoms with Crippen molar-refractivity contribution in [2.45, 2.75) is 19.9 Å². The first-order valence-electron chi connectivity index (χ1n) is 9.87. The third-order valence-corrected chi connectivity index (χ3v) is 5.39. The van der Waals surface area contributed by atoms with Gasteiger partial charge in [0.2, 0.25) is 5.88 Å². The Hall–Kier alpha value is -3.12. The first-order chi connectivity index (χ1) is 14.5. The molecule has 0 radical (unpaired) electrons. The van der Waals surface area contributed by atoms with Crippen molar-refractivity contribution < 1.29 is 9.53 Å². The van der Waals surface area contributed by atoms with Gasteiger partial charge in [0.05, 0.1) is 0 Å². The number of aryl methyl sites for hydroxylation is 1. The van der Waals surface area contributed by atoms with Crippen LogP contribution in [0.4, 0.5) is 5.82 Å². The van der Waals surface area contributed by atoms with E-state index in [0.717, 1.165) is 16.9 Å². The highest BCUT2D eigenvalue weighted by Gasteiger charge is 2.29. The number of amides is 1. The maximum Gasteiger partial charge on any atom is 0.254 e. The van der Waals surface area contributed by atoms with E-state index in [9.17, 15) is 4.79 Å². The Balaban J connectivity index is 1.44. The molecule has 1 aliphatic heterocycles. The van der Waals surface area contributed by atoms with Gasteiger partial charge in [0.1, 0.15) is 17.9 Å². The van der Waals surface area contributed by atoms with Gasteiger partial charge in [-0.2, -0.15) is 0 Å². The number of piperazine rings is 1. The molecule has 154 valence electrons. The molecule has 0 N–H and O–H groups in total. The minimum atomic E-state index is 0.0554. The number of nitrogens with zero attached hydrogens (tertiary/aromatic N) is 4. The summed E-state index contributed by atoms with van der Waals surface area (Å²) in [6, 6.07) is 16.8. The number of benzene rings is 2. The fraction of sp³-hybridized carbons (Fsp3) is 0.261. The van der Waals surface area contributed by atoms with E-state index in [1.165, 1.54) is 6.33 Å². The Morgan fingerprint density at radius 3 is 2.63 bits per heavy atom. The Morgan fingerprint density at radius 1 is 1.10 bits per heavy atom. The number of aromatic nitrogens is 2. The van der Waals surface area contributed by atoms with Crippen LogP contribution >= 0.6 is 11.6 Å². The molecular weight excluding hydrogens is 400 g/mol. The highest BCUT2D eigenvalue weighted by molar-refractivity contribution is 6.30. The molecule has 4 rings (SSSR count). The maximum atomic E-state index is 12.9. The predicted octanol–water partition coefficient (Wildman–Crippen LogP) is 4.58. The number of carbonyl (C=O) groups excluding carboxylic acids is 1. The van der Waals surface area contributed by atoms with Crippen LogP contribution in [0.2, 0.25) is 5.02 Å². The number of hydrogen-bond acceptors (Lipinski definition) is 5. The average Bonchev–Trinajstić information content (AvgIpc) is 2.74. The van der Waals surface area contributed by atoms with Crippen molar-refractivity contribution in [3.8, 4) is 11.6 Å². The van der Waals surface area contributed by atoms with Gasteiger partial charge in [-0.25, -0.2) is 9.97 Å². The van der Waals surface area contributed by atoms with Crippen LogP contribution in [0.1, 0.15) is 22.8 Å². The fourth-order valence-corrected chi connectivity index (χ4v) is 3.72. The van der Waals surface area contributed by atoms with E-state index in [2.05, 4.69) is 21.8 Å². The molecule has 1 saturated heterocycles. The van der Waals surface area contributed by atoms with Crippen molar-refractivity contribution in [1.82, 2.24) is 14.9 Å². The lowest BCUT2D eigenvalue weighted by Gasteiger charge is -2.40. The standard InChI is InChI=1S/C23H23ClN4O2/c1-16-6-8-18(9-7-16)23(29)28-11-10-27(14-17(28)2)21-13-22(26-15-25-21)30-20-5-3-4-19(24)12-20/h3-9,12-13,15,17H,10-11,14H2,1-2H3. The van der Waals surface area contributed by atoms with E-state index in [1.807, 2.05) is 54.3 Å².